The minimum absolute atomic E-state index is 1.14. The fourth-order valence-corrected chi connectivity index (χ4v) is 6.58. The summed E-state index contributed by atoms with van der Waals surface area (Å²) in [6.45, 7) is 0. The number of aromatic nitrogens is 3. The van der Waals surface area contributed by atoms with Gasteiger partial charge in [0.25, 0.3) is 0 Å². The van der Waals surface area contributed by atoms with Crippen molar-refractivity contribution >= 4 is 54.3 Å². The lowest BCUT2D eigenvalue weighted by atomic mass is 10.0. The molecular formula is C39H25N3. The number of fused-ring (bicyclic) bond motifs is 6. The van der Waals surface area contributed by atoms with Gasteiger partial charge in [-0.2, -0.15) is 0 Å². The molecule has 3 aromatic heterocycles. The van der Waals surface area contributed by atoms with E-state index in [1.165, 1.54) is 60.1 Å². The van der Waals surface area contributed by atoms with Crippen LogP contribution in [0, 0.1) is 0 Å². The Morgan fingerprint density at radius 2 is 1.17 bits per heavy atom. The number of rotatable bonds is 3. The smallest absolute Gasteiger partial charge is 0.0547 e. The fourth-order valence-electron chi connectivity index (χ4n) is 6.58. The van der Waals surface area contributed by atoms with Gasteiger partial charge in [0.05, 0.1) is 16.6 Å². The first kappa shape index (κ1) is 23.1. The predicted molar refractivity (Wildman–Crippen MR) is 176 cm³/mol. The lowest BCUT2D eigenvalue weighted by Gasteiger charge is -2.10. The molecule has 0 atom stereocenters. The van der Waals surface area contributed by atoms with Crippen molar-refractivity contribution in [2.45, 2.75) is 0 Å². The van der Waals surface area contributed by atoms with E-state index in [1.54, 1.807) is 0 Å². The van der Waals surface area contributed by atoms with Crippen LogP contribution in [0.3, 0.4) is 0 Å². The van der Waals surface area contributed by atoms with Crippen molar-refractivity contribution < 1.29 is 0 Å². The third-order valence-electron chi connectivity index (χ3n) is 8.58. The van der Waals surface area contributed by atoms with Gasteiger partial charge in [-0.3, -0.25) is 4.98 Å². The maximum absolute atomic E-state index is 4.48. The van der Waals surface area contributed by atoms with Crippen LogP contribution in [0.2, 0.25) is 0 Å². The Morgan fingerprint density at radius 3 is 2.05 bits per heavy atom. The van der Waals surface area contributed by atoms with Crippen molar-refractivity contribution in [1.82, 2.24) is 14.1 Å². The summed E-state index contributed by atoms with van der Waals surface area (Å²) in [5, 5.41) is 8.63. The molecule has 0 spiro atoms. The monoisotopic (exact) mass is 535 g/mol. The van der Waals surface area contributed by atoms with Gasteiger partial charge in [0.1, 0.15) is 0 Å². The molecule has 42 heavy (non-hydrogen) atoms. The molecule has 0 aliphatic carbocycles. The largest absolute Gasteiger partial charge is 0.317 e. The Morgan fingerprint density at radius 1 is 0.429 bits per heavy atom. The van der Waals surface area contributed by atoms with Gasteiger partial charge < -0.3 is 9.13 Å². The summed E-state index contributed by atoms with van der Waals surface area (Å²) in [7, 11) is 0. The molecular weight excluding hydrogens is 510 g/mol. The Hall–Kier alpha value is -5.67. The van der Waals surface area contributed by atoms with Gasteiger partial charge in [-0.1, -0.05) is 72.8 Å². The summed E-state index contributed by atoms with van der Waals surface area (Å²) in [5.41, 5.74) is 8.30. The molecule has 0 saturated heterocycles. The maximum Gasteiger partial charge on any atom is 0.0547 e. The first-order valence-electron chi connectivity index (χ1n) is 14.3. The summed E-state index contributed by atoms with van der Waals surface area (Å²) in [6.07, 6.45) is 6.07. The van der Waals surface area contributed by atoms with E-state index in [9.17, 15) is 0 Å². The van der Waals surface area contributed by atoms with Crippen LogP contribution >= 0.6 is 0 Å². The molecule has 9 rings (SSSR count). The van der Waals surface area contributed by atoms with E-state index >= 15 is 0 Å². The van der Waals surface area contributed by atoms with Crippen LogP contribution in [0.5, 0.6) is 0 Å². The molecule has 3 nitrogen and oxygen atoms in total. The zero-order valence-corrected chi connectivity index (χ0v) is 22.8. The predicted octanol–water partition coefficient (Wildman–Crippen LogP) is 10.1. The second-order valence-electron chi connectivity index (χ2n) is 11.0. The van der Waals surface area contributed by atoms with Crippen molar-refractivity contribution in [3.8, 4) is 22.5 Å². The zero-order chi connectivity index (χ0) is 27.6. The summed E-state index contributed by atoms with van der Waals surface area (Å²) < 4.78 is 4.67. The summed E-state index contributed by atoms with van der Waals surface area (Å²) in [4.78, 5) is 4.48. The van der Waals surface area contributed by atoms with E-state index in [-0.39, 0.29) is 0 Å². The average molecular weight is 536 g/mol. The quantitative estimate of drug-likeness (QED) is 0.221. The Kier molecular flexibility index (Phi) is 4.90. The van der Waals surface area contributed by atoms with Crippen molar-refractivity contribution in [2.75, 3.05) is 0 Å². The van der Waals surface area contributed by atoms with Crippen LogP contribution in [0.4, 0.5) is 0 Å². The molecule has 0 fully saturated rings. The van der Waals surface area contributed by atoms with Gasteiger partial charge in [0.15, 0.2) is 0 Å². The average Bonchev–Trinajstić information content (AvgIpc) is 3.61. The first-order chi connectivity index (χ1) is 20.8. The molecule has 3 heterocycles. The van der Waals surface area contributed by atoms with Crippen molar-refractivity contribution in [3.05, 3.63) is 152 Å². The zero-order valence-electron chi connectivity index (χ0n) is 22.8. The highest BCUT2D eigenvalue weighted by Crippen LogP contribution is 2.37. The topological polar surface area (TPSA) is 22.8 Å². The molecule has 0 bridgehead atoms. The Bertz CT molecular complexity index is 2440. The third kappa shape index (κ3) is 3.44. The molecule has 0 amide bonds. The van der Waals surface area contributed by atoms with Crippen LogP contribution < -0.4 is 0 Å². The van der Waals surface area contributed by atoms with Crippen molar-refractivity contribution in [1.29, 1.82) is 0 Å². The van der Waals surface area contributed by atoms with Crippen LogP contribution in [0.15, 0.2) is 152 Å². The van der Waals surface area contributed by atoms with Gasteiger partial charge >= 0.3 is 0 Å². The molecule has 0 radical (unpaired) electrons. The summed E-state index contributed by atoms with van der Waals surface area (Å²) in [5.74, 6) is 0. The number of benzene rings is 6. The molecule has 9 aromatic rings. The van der Waals surface area contributed by atoms with Crippen LogP contribution in [0.1, 0.15) is 0 Å². The van der Waals surface area contributed by atoms with E-state index in [0.717, 1.165) is 16.6 Å². The number of para-hydroxylation sites is 2. The number of pyridine rings is 1. The minimum atomic E-state index is 1.14. The van der Waals surface area contributed by atoms with E-state index in [1.807, 2.05) is 12.4 Å². The molecule has 0 unspecified atom stereocenters. The first-order valence-corrected chi connectivity index (χ1v) is 14.3. The normalized spacial score (nSPS) is 11.8. The van der Waals surface area contributed by atoms with Gasteiger partial charge in [-0.15, -0.1) is 0 Å². The molecule has 6 aromatic carbocycles. The van der Waals surface area contributed by atoms with Crippen LogP contribution in [-0.2, 0) is 0 Å². The molecule has 0 N–H and O–H groups in total. The van der Waals surface area contributed by atoms with Crippen LogP contribution in [0.25, 0.3) is 76.8 Å². The lowest BCUT2D eigenvalue weighted by molar-refractivity contribution is 1.13. The fraction of sp³-hybridized carbons (Fsp3) is 0. The number of hydrogen-bond acceptors (Lipinski definition) is 1. The van der Waals surface area contributed by atoms with E-state index in [0.29, 0.717) is 0 Å². The highest BCUT2D eigenvalue weighted by molar-refractivity contribution is 6.15. The highest BCUT2D eigenvalue weighted by atomic mass is 15.0. The van der Waals surface area contributed by atoms with E-state index in [2.05, 4.69) is 154 Å². The molecule has 196 valence electrons. The second kappa shape index (κ2) is 8.92. The van der Waals surface area contributed by atoms with Gasteiger partial charge in [0, 0.05) is 57.1 Å². The van der Waals surface area contributed by atoms with Crippen molar-refractivity contribution in [3.63, 3.8) is 0 Å². The Balaban J connectivity index is 1.20. The molecule has 0 aliphatic rings. The highest BCUT2D eigenvalue weighted by Gasteiger charge is 2.14. The molecule has 3 heteroatoms. The summed E-state index contributed by atoms with van der Waals surface area (Å²) in [6, 6.07) is 48.2. The standard InChI is InChI=1S/C39H25N3/c1-2-9-32(10-3-1)42-37-13-7-6-12-34(37)35-21-30-22-38-27(20-29(30)23-39(35)42)18-19-41(38)31-16-14-26(15-17-31)36-25-40-24-28-8-4-5-11-33(28)36/h1-25H. The van der Waals surface area contributed by atoms with E-state index in [4.69, 9.17) is 0 Å². The maximum atomic E-state index is 4.48. The SMILES string of the molecule is c1ccc(-n2c3ccccc3c3cc4cc5c(ccn5-c5ccc(-c6cncc7ccccc67)cc5)cc4cc32)cc1. The number of hydrogen-bond donors (Lipinski definition) is 0. The van der Waals surface area contributed by atoms with Crippen LogP contribution in [-0.4, -0.2) is 14.1 Å². The van der Waals surface area contributed by atoms with Gasteiger partial charge in [-0.25, -0.2) is 0 Å². The Labute approximate surface area is 242 Å². The minimum Gasteiger partial charge on any atom is -0.317 e. The third-order valence-corrected chi connectivity index (χ3v) is 8.58. The summed E-state index contributed by atoms with van der Waals surface area (Å²) >= 11 is 0. The lowest BCUT2D eigenvalue weighted by Crippen LogP contribution is -1.93. The number of nitrogens with zero attached hydrogens (tertiary/aromatic N) is 3. The second-order valence-corrected chi connectivity index (χ2v) is 11.0. The van der Waals surface area contributed by atoms with Gasteiger partial charge in [0.2, 0.25) is 0 Å². The van der Waals surface area contributed by atoms with Crippen molar-refractivity contribution in [2.24, 2.45) is 0 Å². The molecule has 0 saturated carbocycles. The van der Waals surface area contributed by atoms with E-state index < -0.39 is 0 Å². The molecule has 0 aliphatic heterocycles. The van der Waals surface area contributed by atoms with Gasteiger partial charge in [-0.05, 0) is 82.4 Å².